The zero-order chi connectivity index (χ0) is 21.5. The molecule has 0 aromatic heterocycles. The number of benzene rings is 2. The molecule has 1 amide bonds. The van der Waals surface area contributed by atoms with Crippen molar-refractivity contribution in [2.75, 3.05) is 19.7 Å². The van der Waals surface area contributed by atoms with Crippen molar-refractivity contribution in [1.29, 1.82) is 0 Å². The van der Waals surface area contributed by atoms with Crippen molar-refractivity contribution < 1.29 is 19.1 Å². The molecule has 30 heavy (non-hydrogen) atoms. The number of carbonyl (C=O) groups is 3. The molecular formula is C25H29NO4. The summed E-state index contributed by atoms with van der Waals surface area (Å²) in [6.45, 7) is 4.74. The molecule has 2 aromatic rings. The van der Waals surface area contributed by atoms with Crippen LogP contribution in [0.3, 0.4) is 0 Å². The van der Waals surface area contributed by atoms with Gasteiger partial charge < -0.3 is 14.4 Å². The lowest BCUT2D eigenvalue weighted by Gasteiger charge is -2.31. The van der Waals surface area contributed by atoms with E-state index in [4.69, 9.17) is 4.74 Å². The Morgan fingerprint density at radius 2 is 1.60 bits per heavy atom. The maximum Gasteiger partial charge on any atom is 0.260 e. The van der Waals surface area contributed by atoms with E-state index in [1.54, 1.807) is 11.8 Å². The molecule has 1 heterocycles. The number of likely N-dealkylation sites (tertiary alicyclic amines) is 1. The Kier molecular flexibility index (Phi) is 7.39. The molecule has 158 valence electrons. The van der Waals surface area contributed by atoms with Gasteiger partial charge in [0.2, 0.25) is 0 Å². The summed E-state index contributed by atoms with van der Waals surface area (Å²) in [4.78, 5) is 38.0. The summed E-state index contributed by atoms with van der Waals surface area (Å²) in [5.41, 5.74) is 2.96. The predicted molar refractivity (Wildman–Crippen MR) is 116 cm³/mol. The summed E-state index contributed by atoms with van der Waals surface area (Å²) in [5.74, 6) is 0.893. The summed E-state index contributed by atoms with van der Waals surface area (Å²) in [5, 5.41) is 0. The van der Waals surface area contributed by atoms with Gasteiger partial charge in [-0.1, -0.05) is 42.0 Å². The van der Waals surface area contributed by atoms with Gasteiger partial charge in [-0.25, -0.2) is 0 Å². The second-order valence-electron chi connectivity index (χ2n) is 8.02. The molecule has 0 radical (unpaired) electrons. The van der Waals surface area contributed by atoms with Gasteiger partial charge in [0.05, 0.1) is 0 Å². The zero-order valence-corrected chi connectivity index (χ0v) is 17.7. The van der Waals surface area contributed by atoms with E-state index in [-0.39, 0.29) is 30.0 Å². The molecule has 1 saturated heterocycles. The Morgan fingerprint density at radius 1 is 0.967 bits per heavy atom. The van der Waals surface area contributed by atoms with Crippen LogP contribution in [0.25, 0.3) is 0 Å². The first kappa shape index (κ1) is 21.8. The van der Waals surface area contributed by atoms with Crippen molar-refractivity contribution in [1.82, 2.24) is 4.90 Å². The van der Waals surface area contributed by atoms with Crippen LogP contribution in [-0.2, 0) is 16.0 Å². The Labute approximate surface area is 178 Å². The molecular weight excluding hydrogens is 378 g/mol. The van der Waals surface area contributed by atoms with Crippen LogP contribution >= 0.6 is 0 Å². The van der Waals surface area contributed by atoms with Crippen molar-refractivity contribution in [3.8, 4) is 5.75 Å². The van der Waals surface area contributed by atoms with Crippen molar-refractivity contribution in [3.05, 3.63) is 65.2 Å². The molecule has 0 N–H and O–H groups in total. The average molecular weight is 408 g/mol. The number of piperidine rings is 1. The molecule has 2 aromatic carbocycles. The van der Waals surface area contributed by atoms with Crippen LogP contribution in [0.5, 0.6) is 5.75 Å². The minimum absolute atomic E-state index is 0.0105. The molecule has 1 aliphatic rings. The van der Waals surface area contributed by atoms with Gasteiger partial charge in [0, 0.05) is 31.0 Å². The maximum absolute atomic E-state index is 12.7. The number of amides is 1. The third-order valence-electron chi connectivity index (χ3n) is 5.61. The van der Waals surface area contributed by atoms with Gasteiger partial charge in [-0.15, -0.1) is 0 Å². The number of hydrogen-bond donors (Lipinski definition) is 0. The van der Waals surface area contributed by atoms with E-state index < -0.39 is 0 Å². The summed E-state index contributed by atoms with van der Waals surface area (Å²) in [6.07, 6.45) is 2.61. The first-order chi connectivity index (χ1) is 14.4. The first-order valence-corrected chi connectivity index (χ1v) is 10.5. The Morgan fingerprint density at radius 3 is 2.20 bits per heavy atom. The lowest BCUT2D eigenvalue weighted by molar-refractivity contribution is -0.134. The van der Waals surface area contributed by atoms with Crippen LogP contribution in [0.15, 0.2) is 48.5 Å². The Hall–Kier alpha value is -2.95. The van der Waals surface area contributed by atoms with Crippen LogP contribution in [0.2, 0.25) is 0 Å². The van der Waals surface area contributed by atoms with E-state index in [2.05, 4.69) is 0 Å². The predicted octanol–water partition coefficient (Wildman–Crippen LogP) is 4.02. The number of nitrogens with zero attached hydrogens (tertiary/aromatic N) is 1. The smallest absolute Gasteiger partial charge is 0.260 e. The third-order valence-corrected chi connectivity index (χ3v) is 5.61. The SMILES string of the molecule is CC(=O)CCc1ccc(OCC(=O)N2CCC(C(=O)c3ccc(C)cc3)CC2)cc1. The molecule has 0 saturated carbocycles. The minimum atomic E-state index is -0.0584. The number of hydrogen-bond acceptors (Lipinski definition) is 4. The Balaban J connectivity index is 1.43. The van der Waals surface area contributed by atoms with E-state index in [0.717, 1.165) is 16.7 Å². The fourth-order valence-corrected chi connectivity index (χ4v) is 3.65. The van der Waals surface area contributed by atoms with Gasteiger partial charge in [0.25, 0.3) is 5.91 Å². The lowest BCUT2D eigenvalue weighted by atomic mass is 9.88. The van der Waals surface area contributed by atoms with Crippen molar-refractivity contribution in [2.45, 2.75) is 39.5 Å². The van der Waals surface area contributed by atoms with Crippen molar-refractivity contribution in [3.63, 3.8) is 0 Å². The van der Waals surface area contributed by atoms with Gasteiger partial charge >= 0.3 is 0 Å². The third kappa shape index (κ3) is 6.02. The van der Waals surface area contributed by atoms with Crippen LogP contribution < -0.4 is 4.74 Å². The second-order valence-corrected chi connectivity index (χ2v) is 8.02. The molecule has 5 nitrogen and oxygen atoms in total. The summed E-state index contributed by atoms with van der Waals surface area (Å²) < 4.78 is 5.63. The highest BCUT2D eigenvalue weighted by Gasteiger charge is 2.28. The molecule has 0 spiro atoms. The summed E-state index contributed by atoms with van der Waals surface area (Å²) in [6, 6.07) is 15.2. The van der Waals surface area contributed by atoms with Gasteiger partial charge in [0.1, 0.15) is 11.5 Å². The lowest BCUT2D eigenvalue weighted by Crippen LogP contribution is -2.42. The first-order valence-electron chi connectivity index (χ1n) is 10.5. The van der Waals surface area contributed by atoms with Crippen molar-refractivity contribution >= 4 is 17.5 Å². The van der Waals surface area contributed by atoms with E-state index in [9.17, 15) is 14.4 Å². The molecule has 0 aliphatic carbocycles. The molecule has 1 fully saturated rings. The monoisotopic (exact) mass is 407 g/mol. The number of Topliss-reactive ketones (excluding diaryl/α,β-unsaturated/α-hetero) is 2. The largest absolute Gasteiger partial charge is 0.484 e. The summed E-state index contributed by atoms with van der Waals surface area (Å²) >= 11 is 0. The quantitative estimate of drug-likeness (QED) is 0.620. The van der Waals surface area contributed by atoms with Crippen LogP contribution in [-0.4, -0.2) is 42.1 Å². The topological polar surface area (TPSA) is 63.7 Å². The minimum Gasteiger partial charge on any atom is -0.484 e. The van der Waals surface area contributed by atoms with Crippen LogP contribution in [0, 0.1) is 12.8 Å². The second kappa shape index (κ2) is 10.2. The Bertz CT molecular complexity index is 878. The zero-order valence-electron chi connectivity index (χ0n) is 17.7. The van der Waals surface area contributed by atoms with Crippen LogP contribution in [0.4, 0.5) is 0 Å². The molecule has 5 heteroatoms. The fourth-order valence-electron chi connectivity index (χ4n) is 3.65. The van der Waals surface area contributed by atoms with E-state index >= 15 is 0 Å². The highest BCUT2D eigenvalue weighted by atomic mass is 16.5. The normalized spacial score (nSPS) is 14.4. The molecule has 0 atom stereocenters. The van der Waals surface area contributed by atoms with E-state index in [1.807, 2.05) is 55.5 Å². The average Bonchev–Trinajstić information content (AvgIpc) is 2.77. The van der Waals surface area contributed by atoms with Crippen molar-refractivity contribution in [2.24, 2.45) is 5.92 Å². The molecule has 3 rings (SSSR count). The highest BCUT2D eigenvalue weighted by Crippen LogP contribution is 2.22. The standard InChI is InChI=1S/C25H29NO4/c1-18-3-9-21(10-4-18)25(29)22-13-15-26(16-14-22)24(28)17-30-23-11-7-20(8-12-23)6-5-19(2)27/h3-4,7-12,22H,5-6,13-17H2,1-2H3. The summed E-state index contributed by atoms with van der Waals surface area (Å²) in [7, 11) is 0. The van der Waals surface area contributed by atoms with Gasteiger partial charge in [-0.2, -0.15) is 0 Å². The maximum atomic E-state index is 12.7. The fraction of sp³-hybridized carbons (Fsp3) is 0.400. The number of aryl methyl sites for hydroxylation is 2. The van der Waals surface area contributed by atoms with Gasteiger partial charge in [-0.3, -0.25) is 9.59 Å². The number of carbonyl (C=O) groups excluding carboxylic acids is 3. The molecule has 0 unspecified atom stereocenters. The van der Waals surface area contributed by atoms with E-state index in [1.165, 1.54) is 0 Å². The number of ketones is 2. The number of ether oxygens (including phenoxy) is 1. The van der Waals surface area contributed by atoms with E-state index in [0.29, 0.717) is 44.5 Å². The van der Waals surface area contributed by atoms with Gasteiger partial charge in [-0.05, 0) is 50.8 Å². The molecule has 0 bridgehead atoms. The number of rotatable bonds is 8. The highest BCUT2D eigenvalue weighted by molar-refractivity contribution is 5.98. The molecule has 1 aliphatic heterocycles. The van der Waals surface area contributed by atoms with Gasteiger partial charge in [0.15, 0.2) is 12.4 Å². The van der Waals surface area contributed by atoms with Crippen LogP contribution in [0.1, 0.15) is 47.7 Å².